The maximum absolute atomic E-state index is 12.5. The Morgan fingerprint density at radius 3 is 3.00 bits per heavy atom. The molecule has 1 amide bonds. The van der Waals surface area contributed by atoms with E-state index in [9.17, 15) is 4.79 Å². The molecule has 0 fully saturated rings. The smallest absolute Gasteiger partial charge is 0.237 e. The van der Waals surface area contributed by atoms with Crippen molar-refractivity contribution >= 4 is 45.4 Å². The van der Waals surface area contributed by atoms with Crippen LogP contribution in [0.5, 0.6) is 0 Å². The number of carbonyl (C=O) groups is 1. The number of aromatic amines is 1. The van der Waals surface area contributed by atoms with Crippen molar-refractivity contribution in [3.63, 3.8) is 0 Å². The number of imidazole rings is 1. The molecule has 3 aromatic heterocycles. The molecule has 0 aliphatic rings. The summed E-state index contributed by atoms with van der Waals surface area (Å²) < 4.78 is 0. The van der Waals surface area contributed by atoms with Gasteiger partial charge in [0.05, 0.1) is 29.0 Å². The van der Waals surface area contributed by atoms with Gasteiger partial charge in [0.2, 0.25) is 5.91 Å². The van der Waals surface area contributed by atoms with Crippen LogP contribution in [0.4, 0.5) is 5.69 Å². The first-order valence-electron chi connectivity index (χ1n) is 7.67. The number of hydrogen-bond acceptors (Lipinski definition) is 6. The van der Waals surface area contributed by atoms with Crippen molar-refractivity contribution in [3.05, 3.63) is 49.2 Å². The van der Waals surface area contributed by atoms with Crippen molar-refractivity contribution in [3.8, 4) is 0 Å². The van der Waals surface area contributed by atoms with Crippen molar-refractivity contribution in [2.75, 3.05) is 5.32 Å². The first kappa shape index (κ1) is 15.5. The second-order valence-corrected chi connectivity index (χ2v) is 6.78. The highest BCUT2D eigenvalue weighted by Crippen LogP contribution is 2.27. The monoisotopic (exact) mass is 350 g/mol. The molecule has 1 atom stereocenters. The molecule has 2 N–H and O–H groups in total. The fraction of sp³-hybridized carbons (Fsp3) is 0.118. The first-order chi connectivity index (χ1) is 12.2. The summed E-state index contributed by atoms with van der Waals surface area (Å²) in [5, 5.41) is 4.24. The fourth-order valence-corrected chi connectivity index (χ4v) is 3.31. The van der Waals surface area contributed by atoms with Gasteiger partial charge in [-0.1, -0.05) is 30.0 Å². The van der Waals surface area contributed by atoms with E-state index in [0.29, 0.717) is 16.4 Å². The lowest BCUT2D eigenvalue weighted by Gasteiger charge is -2.12. The number of fused-ring (bicyclic) bond motifs is 2. The van der Waals surface area contributed by atoms with Gasteiger partial charge >= 0.3 is 0 Å². The summed E-state index contributed by atoms with van der Waals surface area (Å²) in [4.78, 5) is 32.3. The predicted octanol–water partition coefficient (Wildman–Crippen LogP) is 3.02. The average molecular weight is 350 g/mol. The Kier molecular flexibility index (Phi) is 4.02. The summed E-state index contributed by atoms with van der Waals surface area (Å²) in [6, 6.07) is 9.69. The minimum absolute atomic E-state index is 0.117. The maximum atomic E-state index is 12.5. The summed E-state index contributed by atoms with van der Waals surface area (Å²) >= 11 is 1.35. The molecule has 0 radical (unpaired) electrons. The minimum atomic E-state index is -0.340. The Labute approximate surface area is 147 Å². The number of nitrogens with zero attached hydrogens (tertiary/aromatic N) is 4. The Balaban J connectivity index is 1.50. The molecule has 7 nitrogen and oxygen atoms in total. The van der Waals surface area contributed by atoms with E-state index in [4.69, 9.17) is 0 Å². The molecular weight excluding hydrogens is 336 g/mol. The molecule has 0 saturated heterocycles. The van der Waals surface area contributed by atoms with Crippen molar-refractivity contribution in [1.82, 2.24) is 24.9 Å². The number of rotatable bonds is 4. The molecule has 0 spiro atoms. The Bertz CT molecular complexity index is 1060. The van der Waals surface area contributed by atoms with Crippen molar-refractivity contribution < 1.29 is 4.79 Å². The van der Waals surface area contributed by atoms with Gasteiger partial charge in [0.1, 0.15) is 16.9 Å². The van der Waals surface area contributed by atoms with Crippen LogP contribution in [-0.2, 0) is 4.79 Å². The SMILES string of the molecule is CC(Sc1ncnc2nc[nH]c12)C(=O)Nc1cnc2ccccc2c1. The van der Waals surface area contributed by atoms with Crippen LogP contribution >= 0.6 is 11.8 Å². The lowest BCUT2D eigenvalue weighted by atomic mass is 10.2. The molecular formula is C17H14N6OS. The van der Waals surface area contributed by atoms with Gasteiger partial charge in [0, 0.05) is 5.39 Å². The van der Waals surface area contributed by atoms with E-state index in [0.717, 1.165) is 16.4 Å². The second-order valence-electron chi connectivity index (χ2n) is 5.45. The summed E-state index contributed by atoms with van der Waals surface area (Å²) in [5.74, 6) is -0.117. The van der Waals surface area contributed by atoms with Gasteiger partial charge in [-0.25, -0.2) is 15.0 Å². The van der Waals surface area contributed by atoms with Crippen LogP contribution in [0.15, 0.2) is 54.2 Å². The van der Waals surface area contributed by atoms with Crippen LogP contribution in [0.2, 0.25) is 0 Å². The van der Waals surface area contributed by atoms with Crippen molar-refractivity contribution in [2.24, 2.45) is 0 Å². The van der Waals surface area contributed by atoms with Gasteiger partial charge in [-0.05, 0) is 19.1 Å². The van der Waals surface area contributed by atoms with E-state index in [1.807, 2.05) is 37.3 Å². The Morgan fingerprint density at radius 2 is 2.08 bits per heavy atom. The molecule has 0 aliphatic carbocycles. The third-order valence-electron chi connectivity index (χ3n) is 3.70. The predicted molar refractivity (Wildman–Crippen MR) is 97.4 cm³/mol. The molecule has 1 unspecified atom stereocenters. The van der Waals surface area contributed by atoms with Gasteiger partial charge in [-0.3, -0.25) is 9.78 Å². The van der Waals surface area contributed by atoms with E-state index in [1.54, 1.807) is 12.5 Å². The third kappa shape index (κ3) is 3.16. The minimum Gasteiger partial charge on any atom is -0.341 e. The third-order valence-corrected chi connectivity index (χ3v) is 4.80. The molecule has 0 bridgehead atoms. The molecule has 1 aromatic carbocycles. The van der Waals surface area contributed by atoms with Gasteiger partial charge in [0.25, 0.3) is 0 Å². The van der Waals surface area contributed by atoms with Crippen LogP contribution in [0, 0.1) is 0 Å². The highest BCUT2D eigenvalue weighted by Gasteiger charge is 2.18. The van der Waals surface area contributed by atoms with E-state index >= 15 is 0 Å². The van der Waals surface area contributed by atoms with Gasteiger partial charge in [0.15, 0.2) is 5.65 Å². The number of para-hydroxylation sites is 1. The topological polar surface area (TPSA) is 96.5 Å². The van der Waals surface area contributed by atoms with Crippen molar-refractivity contribution in [1.29, 1.82) is 0 Å². The number of carbonyl (C=O) groups excluding carboxylic acids is 1. The number of H-pyrrole nitrogens is 1. The second kappa shape index (κ2) is 6.48. The molecule has 4 rings (SSSR count). The lowest BCUT2D eigenvalue weighted by molar-refractivity contribution is -0.115. The van der Waals surface area contributed by atoms with E-state index < -0.39 is 0 Å². The van der Waals surface area contributed by atoms with Gasteiger partial charge in [-0.15, -0.1) is 0 Å². The summed E-state index contributed by atoms with van der Waals surface area (Å²) in [6.07, 6.45) is 4.67. The van der Waals surface area contributed by atoms with Crippen LogP contribution < -0.4 is 5.32 Å². The molecule has 124 valence electrons. The number of benzene rings is 1. The summed E-state index contributed by atoms with van der Waals surface area (Å²) in [5.41, 5.74) is 2.89. The van der Waals surface area contributed by atoms with E-state index in [-0.39, 0.29) is 11.2 Å². The standard InChI is InChI=1S/C17H14N6OS/c1-10(25-17-14-15(20-8-19-14)21-9-22-17)16(24)23-12-6-11-4-2-3-5-13(11)18-7-12/h2-10H,1H3,(H,23,24)(H,19,20,21,22). The number of amides is 1. The largest absolute Gasteiger partial charge is 0.341 e. The number of aromatic nitrogens is 5. The van der Waals surface area contributed by atoms with Gasteiger partial charge in [-0.2, -0.15) is 0 Å². The quantitative estimate of drug-likeness (QED) is 0.434. The lowest BCUT2D eigenvalue weighted by Crippen LogP contribution is -2.22. The Hall–Kier alpha value is -3.00. The zero-order valence-electron chi connectivity index (χ0n) is 13.3. The normalized spacial score (nSPS) is 12.4. The Morgan fingerprint density at radius 1 is 1.20 bits per heavy atom. The highest BCUT2D eigenvalue weighted by atomic mass is 32.2. The maximum Gasteiger partial charge on any atom is 0.237 e. The number of anilines is 1. The summed E-state index contributed by atoms with van der Waals surface area (Å²) in [6.45, 7) is 1.83. The van der Waals surface area contributed by atoms with Crippen molar-refractivity contribution in [2.45, 2.75) is 17.2 Å². The van der Waals surface area contributed by atoms with Gasteiger partial charge < -0.3 is 10.3 Å². The molecule has 0 saturated carbocycles. The molecule has 3 heterocycles. The molecule has 25 heavy (non-hydrogen) atoms. The first-order valence-corrected chi connectivity index (χ1v) is 8.55. The molecule has 8 heteroatoms. The number of pyridine rings is 1. The summed E-state index contributed by atoms with van der Waals surface area (Å²) in [7, 11) is 0. The number of hydrogen-bond donors (Lipinski definition) is 2. The van der Waals surface area contributed by atoms with Crippen LogP contribution in [-0.4, -0.2) is 36.1 Å². The van der Waals surface area contributed by atoms with Crippen LogP contribution in [0.3, 0.4) is 0 Å². The molecule has 4 aromatic rings. The number of nitrogens with one attached hydrogen (secondary N) is 2. The fourth-order valence-electron chi connectivity index (χ4n) is 2.44. The van der Waals surface area contributed by atoms with E-state index in [2.05, 4.69) is 30.2 Å². The molecule has 0 aliphatic heterocycles. The van der Waals surface area contributed by atoms with E-state index in [1.165, 1.54) is 18.1 Å². The van der Waals surface area contributed by atoms with Crippen LogP contribution in [0.1, 0.15) is 6.92 Å². The zero-order valence-corrected chi connectivity index (χ0v) is 14.1. The van der Waals surface area contributed by atoms with Crippen LogP contribution in [0.25, 0.3) is 22.1 Å². The zero-order chi connectivity index (χ0) is 17.2. The number of thioether (sulfide) groups is 1. The highest BCUT2D eigenvalue weighted by molar-refractivity contribution is 8.00. The average Bonchev–Trinajstić information content (AvgIpc) is 3.11.